The minimum absolute atomic E-state index is 0.126. The molecular weight excluding hydrogens is 352 g/mol. The van der Waals surface area contributed by atoms with E-state index in [2.05, 4.69) is 10.6 Å². The lowest BCUT2D eigenvalue weighted by atomic mass is 10.2. The van der Waals surface area contributed by atoms with Crippen molar-refractivity contribution in [2.75, 3.05) is 39.5 Å². The predicted octanol–water partition coefficient (Wildman–Crippen LogP) is 1.76. The van der Waals surface area contributed by atoms with Crippen LogP contribution in [-0.4, -0.2) is 39.5 Å². The molecule has 0 unspecified atom stereocenters. The van der Waals surface area contributed by atoms with Crippen LogP contribution in [0.15, 0.2) is 24.3 Å². The van der Waals surface area contributed by atoms with Crippen molar-refractivity contribution >= 4 is 11.4 Å². The van der Waals surface area contributed by atoms with Gasteiger partial charge in [-0.3, -0.25) is 0 Å². The van der Waals surface area contributed by atoms with Crippen LogP contribution in [0.4, 0.5) is 0 Å². The molecule has 0 spiro atoms. The standard InChI is InChI=1S/C22H32N4O2/c1-3-27-15-7-5-13-25-22(26-14-6-8-16-28-4-2)20-11-9-19(10-12-20)21(17-23)18-24/h9-12,25-26H,3-8,13-16H2,1-2H3. The largest absolute Gasteiger partial charge is 0.382 e. The van der Waals surface area contributed by atoms with Crippen LogP contribution in [0.1, 0.15) is 39.5 Å². The molecule has 0 atom stereocenters. The first-order valence-corrected chi connectivity index (χ1v) is 10.0. The van der Waals surface area contributed by atoms with Gasteiger partial charge < -0.3 is 20.1 Å². The van der Waals surface area contributed by atoms with E-state index in [4.69, 9.17) is 20.0 Å². The zero-order chi connectivity index (χ0) is 20.5. The highest BCUT2D eigenvalue weighted by molar-refractivity contribution is 5.72. The number of nitrogens with one attached hydrogen (secondary N) is 2. The van der Waals surface area contributed by atoms with Gasteiger partial charge in [0.1, 0.15) is 23.5 Å². The summed E-state index contributed by atoms with van der Waals surface area (Å²) in [5.74, 6) is 0.967. The molecule has 28 heavy (non-hydrogen) atoms. The van der Waals surface area contributed by atoms with Crippen molar-refractivity contribution in [2.45, 2.75) is 39.5 Å². The topological polar surface area (TPSA) is 90.1 Å². The maximum Gasteiger partial charge on any atom is 0.136 e. The fourth-order valence-electron chi connectivity index (χ4n) is 2.60. The molecule has 0 aliphatic heterocycles. The Hall–Kier alpha value is -2.54. The van der Waals surface area contributed by atoms with E-state index in [1.54, 1.807) is 0 Å². The van der Waals surface area contributed by atoms with Crippen molar-refractivity contribution in [2.24, 2.45) is 0 Å². The van der Waals surface area contributed by atoms with Gasteiger partial charge >= 0.3 is 0 Å². The Morgan fingerprint density at radius 1 is 0.786 bits per heavy atom. The average molecular weight is 385 g/mol. The molecule has 2 N–H and O–H groups in total. The molecule has 0 aromatic heterocycles. The Morgan fingerprint density at radius 3 is 1.68 bits per heavy atom. The molecule has 0 saturated heterocycles. The van der Waals surface area contributed by atoms with Crippen LogP contribution in [0.3, 0.4) is 0 Å². The van der Waals surface area contributed by atoms with Crippen LogP contribution in [0.25, 0.3) is 11.4 Å². The summed E-state index contributed by atoms with van der Waals surface area (Å²) in [5, 5.41) is 26.6. The molecule has 1 aromatic rings. The van der Waals surface area contributed by atoms with Gasteiger partial charge in [-0.25, -0.2) is 0 Å². The summed E-state index contributed by atoms with van der Waals surface area (Å²) in [6, 6.07) is 11.3. The summed E-state index contributed by atoms with van der Waals surface area (Å²) in [6.45, 7) is 8.79. The van der Waals surface area contributed by atoms with Crippen molar-refractivity contribution in [1.82, 2.24) is 10.6 Å². The summed E-state index contributed by atoms with van der Waals surface area (Å²) in [5.41, 5.74) is 0.126. The van der Waals surface area contributed by atoms with E-state index in [0.717, 1.165) is 76.2 Å². The molecule has 1 rings (SSSR count). The van der Waals surface area contributed by atoms with Gasteiger partial charge in [0, 0.05) is 50.0 Å². The van der Waals surface area contributed by atoms with E-state index in [-0.39, 0.29) is 5.57 Å². The number of ether oxygens (including phenoxy) is 2. The molecule has 6 nitrogen and oxygen atoms in total. The van der Waals surface area contributed by atoms with Gasteiger partial charge in [0.2, 0.25) is 0 Å². The van der Waals surface area contributed by atoms with Gasteiger partial charge in [-0.1, -0.05) is 24.3 Å². The van der Waals surface area contributed by atoms with Crippen LogP contribution in [0, 0.1) is 22.7 Å². The zero-order valence-corrected chi connectivity index (χ0v) is 17.1. The number of rotatable bonds is 14. The van der Waals surface area contributed by atoms with E-state index in [9.17, 15) is 0 Å². The first-order chi connectivity index (χ1) is 13.8. The highest BCUT2D eigenvalue weighted by Crippen LogP contribution is 1.94. The number of hydrogen-bond acceptors (Lipinski definition) is 6. The Labute approximate surface area is 168 Å². The third-order valence-electron chi connectivity index (χ3n) is 4.13. The fraction of sp³-hybridized carbons (Fsp3) is 0.545. The molecule has 0 amide bonds. The zero-order valence-electron chi connectivity index (χ0n) is 17.1. The molecule has 0 fully saturated rings. The second kappa shape index (κ2) is 15.5. The Balaban J connectivity index is 2.78. The summed E-state index contributed by atoms with van der Waals surface area (Å²) < 4.78 is 10.8. The molecule has 0 bridgehead atoms. The van der Waals surface area contributed by atoms with E-state index in [0.29, 0.717) is 5.22 Å². The molecule has 0 radical (unpaired) electrons. The summed E-state index contributed by atoms with van der Waals surface area (Å²) in [6.07, 6.45) is 4.08. The van der Waals surface area contributed by atoms with Crippen molar-refractivity contribution < 1.29 is 9.47 Å². The van der Waals surface area contributed by atoms with Crippen LogP contribution >= 0.6 is 0 Å². The highest BCUT2D eigenvalue weighted by atomic mass is 16.5. The number of nitrogens with zero attached hydrogens (tertiary/aromatic N) is 2. The van der Waals surface area contributed by atoms with E-state index in [1.807, 2.05) is 50.3 Å². The minimum Gasteiger partial charge on any atom is -0.382 e. The van der Waals surface area contributed by atoms with Gasteiger partial charge in [0.25, 0.3) is 0 Å². The van der Waals surface area contributed by atoms with Crippen molar-refractivity contribution in [3.05, 3.63) is 34.7 Å². The van der Waals surface area contributed by atoms with Gasteiger partial charge in [-0.2, -0.15) is 10.5 Å². The van der Waals surface area contributed by atoms with Crippen LogP contribution in [-0.2, 0) is 9.47 Å². The molecule has 0 heterocycles. The van der Waals surface area contributed by atoms with E-state index < -0.39 is 0 Å². The summed E-state index contributed by atoms with van der Waals surface area (Å²) in [4.78, 5) is 0. The van der Waals surface area contributed by atoms with Crippen molar-refractivity contribution in [3.8, 4) is 12.1 Å². The van der Waals surface area contributed by atoms with Crippen molar-refractivity contribution in [3.63, 3.8) is 0 Å². The van der Waals surface area contributed by atoms with Gasteiger partial charge in [0.05, 0.1) is 0 Å². The SMILES string of the molecule is CCOCCCCNC(NCCCCOCC)=c1ccc(=C(C#N)C#N)cc1. The number of unbranched alkanes of at least 4 members (excludes halogenated alkanes) is 2. The quantitative estimate of drug-likeness (QED) is 0.475. The average Bonchev–Trinajstić information content (AvgIpc) is 2.73. The fourth-order valence-corrected chi connectivity index (χ4v) is 2.60. The number of nitriles is 2. The van der Waals surface area contributed by atoms with Gasteiger partial charge in [-0.15, -0.1) is 0 Å². The molecule has 0 aliphatic rings. The van der Waals surface area contributed by atoms with E-state index >= 15 is 0 Å². The maximum absolute atomic E-state index is 9.01. The second-order valence-corrected chi connectivity index (χ2v) is 6.21. The van der Waals surface area contributed by atoms with Crippen LogP contribution in [0.2, 0.25) is 0 Å². The van der Waals surface area contributed by atoms with E-state index in [1.165, 1.54) is 0 Å². The third kappa shape index (κ3) is 9.41. The molecular formula is C22H32N4O2. The van der Waals surface area contributed by atoms with Crippen molar-refractivity contribution in [1.29, 1.82) is 10.5 Å². The Bertz CT molecular complexity index is 705. The van der Waals surface area contributed by atoms with Gasteiger partial charge in [-0.05, 0) is 39.5 Å². The molecule has 6 heteroatoms. The Kier molecular flexibility index (Phi) is 13.0. The first-order valence-electron chi connectivity index (χ1n) is 10.0. The number of benzene rings is 1. The molecule has 0 aliphatic carbocycles. The summed E-state index contributed by atoms with van der Waals surface area (Å²) >= 11 is 0. The smallest absolute Gasteiger partial charge is 0.136 e. The predicted molar refractivity (Wildman–Crippen MR) is 111 cm³/mol. The maximum atomic E-state index is 9.01. The Morgan fingerprint density at radius 2 is 1.25 bits per heavy atom. The molecule has 0 saturated carbocycles. The minimum atomic E-state index is 0.126. The summed E-state index contributed by atoms with van der Waals surface area (Å²) in [7, 11) is 0. The monoisotopic (exact) mass is 384 g/mol. The lowest BCUT2D eigenvalue weighted by Gasteiger charge is -2.14. The number of hydrogen-bond donors (Lipinski definition) is 2. The molecule has 1 aromatic carbocycles. The first kappa shape index (κ1) is 23.5. The van der Waals surface area contributed by atoms with Gasteiger partial charge in [0.15, 0.2) is 0 Å². The molecule has 152 valence electrons. The lowest BCUT2D eigenvalue weighted by molar-refractivity contribution is 0.143. The van der Waals surface area contributed by atoms with Crippen LogP contribution < -0.4 is 21.1 Å². The third-order valence-corrected chi connectivity index (χ3v) is 4.13. The second-order valence-electron chi connectivity index (χ2n) is 6.21. The van der Waals surface area contributed by atoms with Crippen LogP contribution in [0.5, 0.6) is 0 Å². The highest BCUT2D eigenvalue weighted by Gasteiger charge is 2.00. The normalized spacial score (nSPS) is 10.0. The lowest BCUT2D eigenvalue weighted by Crippen LogP contribution is -2.33.